The van der Waals surface area contributed by atoms with E-state index in [-0.39, 0.29) is 11.9 Å². The highest BCUT2D eigenvalue weighted by Gasteiger charge is 2.35. The number of likely N-dealkylation sites (tertiary alicyclic amines) is 1. The van der Waals surface area contributed by atoms with Gasteiger partial charge in [0, 0.05) is 44.6 Å². The van der Waals surface area contributed by atoms with Crippen LogP contribution in [-0.2, 0) is 16.1 Å². The Kier molecular flexibility index (Phi) is 4.27. The lowest BCUT2D eigenvalue weighted by Gasteiger charge is -2.38. The molecule has 124 valence electrons. The topological polar surface area (TPSA) is 67.4 Å². The molecule has 0 aliphatic carbocycles. The second-order valence-corrected chi connectivity index (χ2v) is 6.85. The first kappa shape index (κ1) is 15.0. The fourth-order valence-corrected chi connectivity index (χ4v) is 4.24. The predicted octanol–water partition coefficient (Wildman–Crippen LogP) is 1.29. The maximum absolute atomic E-state index is 12.8. The number of hydrogen-bond acceptors (Lipinski definition) is 5. The Morgan fingerprint density at radius 2 is 1.91 bits per heavy atom. The van der Waals surface area contributed by atoms with Crippen molar-refractivity contribution < 1.29 is 9.53 Å². The number of rotatable bonds is 2. The van der Waals surface area contributed by atoms with Crippen LogP contribution in [0.1, 0.15) is 43.0 Å². The molecule has 1 aromatic heterocycles. The molecule has 1 aromatic rings. The van der Waals surface area contributed by atoms with Crippen molar-refractivity contribution in [3.63, 3.8) is 0 Å². The summed E-state index contributed by atoms with van der Waals surface area (Å²) in [5.41, 5.74) is 1.90. The number of aromatic nitrogens is 2. The number of amides is 1. The van der Waals surface area contributed by atoms with Gasteiger partial charge in [-0.25, -0.2) is 9.97 Å². The zero-order valence-corrected chi connectivity index (χ0v) is 13.4. The SMILES string of the molecule is O=C(C1NCc2ncncc21)N1CCC(C2CCOCC2)CC1. The van der Waals surface area contributed by atoms with Crippen molar-refractivity contribution in [2.75, 3.05) is 26.3 Å². The summed E-state index contributed by atoms with van der Waals surface area (Å²) in [7, 11) is 0. The van der Waals surface area contributed by atoms with Crippen LogP contribution in [0, 0.1) is 11.8 Å². The smallest absolute Gasteiger partial charge is 0.244 e. The van der Waals surface area contributed by atoms with Crippen molar-refractivity contribution in [2.45, 2.75) is 38.3 Å². The maximum Gasteiger partial charge on any atom is 0.244 e. The van der Waals surface area contributed by atoms with Crippen LogP contribution in [0.25, 0.3) is 0 Å². The number of nitrogens with one attached hydrogen (secondary N) is 1. The molecule has 0 aromatic carbocycles. The van der Waals surface area contributed by atoms with Gasteiger partial charge in [0.25, 0.3) is 0 Å². The van der Waals surface area contributed by atoms with Crippen LogP contribution in [0.5, 0.6) is 0 Å². The number of piperidine rings is 1. The third-order valence-electron chi connectivity index (χ3n) is 5.64. The van der Waals surface area contributed by atoms with Gasteiger partial charge in [-0.3, -0.25) is 10.1 Å². The van der Waals surface area contributed by atoms with E-state index >= 15 is 0 Å². The normalized spacial score (nSPS) is 26.3. The minimum absolute atomic E-state index is 0.184. The van der Waals surface area contributed by atoms with Crippen LogP contribution >= 0.6 is 0 Å². The largest absolute Gasteiger partial charge is 0.381 e. The summed E-state index contributed by atoms with van der Waals surface area (Å²) >= 11 is 0. The Bertz CT molecular complexity index is 565. The first-order valence-corrected chi connectivity index (χ1v) is 8.71. The first-order valence-electron chi connectivity index (χ1n) is 8.71. The molecule has 6 heteroatoms. The number of hydrogen-bond donors (Lipinski definition) is 1. The molecule has 4 heterocycles. The Hall–Kier alpha value is -1.53. The highest BCUT2D eigenvalue weighted by atomic mass is 16.5. The third kappa shape index (κ3) is 2.97. The molecular weight excluding hydrogens is 292 g/mol. The highest BCUT2D eigenvalue weighted by molar-refractivity contribution is 5.84. The van der Waals surface area contributed by atoms with Gasteiger partial charge in [-0.2, -0.15) is 0 Å². The van der Waals surface area contributed by atoms with Crippen LogP contribution in [0.4, 0.5) is 0 Å². The van der Waals surface area contributed by atoms with E-state index in [1.165, 1.54) is 12.8 Å². The molecule has 1 N–H and O–H groups in total. The van der Waals surface area contributed by atoms with E-state index in [2.05, 4.69) is 15.3 Å². The van der Waals surface area contributed by atoms with E-state index in [1.807, 2.05) is 4.90 Å². The van der Waals surface area contributed by atoms with Crippen molar-refractivity contribution in [1.82, 2.24) is 20.2 Å². The molecule has 0 saturated carbocycles. The second-order valence-electron chi connectivity index (χ2n) is 6.85. The van der Waals surface area contributed by atoms with Crippen molar-refractivity contribution in [3.05, 3.63) is 23.8 Å². The molecular formula is C17H24N4O2. The van der Waals surface area contributed by atoms with E-state index < -0.39 is 0 Å². The molecule has 2 fully saturated rings. The molecule has 0 radical (unpaired) electrons. The summed E-state index contributed by atoms with van der Waals surface area (Å²) in [6.45, 7) is 4.23. The summed E-state index contributed by atoms with van der Waals surface area (Å²) in [6, 6.07) is -0.258. The number of carbonyl (C=O) groups excluding carboxylic acids is 1. The summed E-state index contributed by atoms with van der Waals surface area (Å²) in [4.78, 5) is 23.2. The molecule has 2 saturated heterocycles. The number of carbonyl (C=O) groups is 1. The standard InChI is InChI=1S/C17H24N4O2/c22-17(16-14-9-18-11-20-15(14)10-19-16)21-5-1-12(2-6-21)13-3-7-23-8-4-13/h9,11-13,16,19H,1-8,10H2. The maximum atomic E-state index is 12.8. The van der Waals surface area contributed by atoms with Crippen LogP contribution in [0.15, 0.2) is 12.5 Å². The number of ether oxygens (including phenoxy) is 1. The summed E-state index contributed by atoms with van der Waals surface area (Å²) in [5, 5.41) is 3.28. The molecule has 1 amide bonds. The molecule has 0 spiro atoms. The van der Waals surface area contributed by atoms with Crippen molar-refractivity contribution in [1.29, 1.82) is 0 Å². The monoisotopic (exact) mass is 316 g/mol. The molecule has 4 rings (SSSR count). The zero-order valence-electron chi connectivity index (χ0n) is 13.4. The molecule has 0 bridgehead atoms. The Labute approximate surface area is 136 Å². The van der Waals surface area contributed by atoms with Crippen LogP contribution < -0.4 is 5.32 Å². The highest BCUT2D eigenvalue weighted by Crippen LogP contribution is 2.33. The average molecular weight is 316 g/mol. The van der Waals surface area contributed by atoms with Crippen LogP contribution in [-0.4, -0.2) is 47.1 Å². The molecule has 23 heavy (non-hydrogen) atoms. The second kappa shape index (κ2) is 6.53. The fourth-order valence-electron chi connectivity index (χ4n) is 4.24. The lowest BCUT2D eigenvalue weighted by Crippen LogP contribution is -2.44. The lowest BCUT2D eigenvalue weighted by atomic mass is 9.80. The van der Waals surface area contributed by atoms with E-state index in [4.69, 9.17) is 4.74 Å². The Morgan fingerprint density at radius 3 is 2.70 bits per heavy atom. The molecule has 6 nitrogen and oxygen atoms in total. The Morgan fingerprint density at radius 1 is 1.17 bits per heavy atom. The quantitative estimate of drug-likeness (QED) is 0.890. The van der Waals surface area contributed by atoms with Gasteiger partial charge >= 0.3 is 0 Å². The van der Waals surface area contributed by atoms with Gasteiger partial charge in [0.15, 0.2) is 0 Å². The van der Waals surface area contributed by atoms with Gasteiger partial charge in [0.2, 0.25) is 5.91 Å². The molecule has 3 aliphatic heterocycles. The number of nitrogens with zero attached hydrogens (tertiary/aromatic N) is 3. The minimum Gasteiger partial charge on any atom is -0.381 e. The van der Waals surface area contributed by atoms with Gasteiger partial charge in [-0.05, 0) is 37.5 Å². The number of fused-ring (bicyclic) bond motifs is 1. The van der Waals surface area contributed by atoms with Crippen LogP contribution in [0.2, 0.25) is 0 Å². The van der Waals surface area contributed by atoms with Crippen molar-refractivity contribution in [2.24, 2.45) is 11.8 Å². The van der Waals surface area contributed by atoms with Gasteiger partial charge in [-0.15, -0.1) is 0 Å². The fraction of sp³-hybridized carbons (Fsp3) is 0.706. The molecule has 1 unspecified atom stereocenters. The van der Waals surface area contributed by atoms with E-state index in [0.717, 1.165) is 62.2 Å². The Balaban J connectivity index is 1.36. The van der Waals surface area contributed by atoms with Gasteiger partial charge in [0.1, 0.15) is 12.4 Å². The summed E-state index contributed by atoms with van der Waals surface area (Å²) < 4.78 is 5.47. The van der Waals surface area contributed by atoms with Gasteiger partial charge in [0.05, 0.1) is 5.69 Å². The van der Waals surface area contributed by atoms with E-state index in [1.54, 1.807) is 12.5 Å². The van der Waals surface area contributed by atoms with Gasteiger partial charge in [-0.1, -0.05) is 0 Å². The molecule has 3 aliphatic rings. The third-order valence-corrected chi connectivity index (χ3v) is 5.64. The van der Waals surface area contributed by atoms with Gasteiger partial charge < -0.3 is 9.64 Å². The lowest BCUT2D eigenvalue weighted by molar-refractivity contribution is -0.135. The predicted molar refractivity (Wildman–Crippen MR) is 84.5 cm³/mol. The summed E-state index contributed by atoms with van der Waals surface area (Å²) in [6.07, 6.45) is 7.95. The van der Waals surface area contributed by atoms with Crippen LogP contribution in [0.3, 0.4) is 0 Å². The first-order chi connectivity index (χ1) is 11.3. The van der Waals surface area contributed by atoms with E-state index in [9.17, 15) is 4.79 Å². The zero-order chi connectivity index (χ0) is 15.6. The van der Waals surface area contributed by atoms with E-state index in [0.29, 0.717) is 6.54 Å². The molecule has 1 atom stereocenters. The van der Waals surface area contributed by atoms with Crippen molar-refractivity contribution >= 4 is 5.91 Å². The van der Waals surface area contributed by atoms with Crippen molar-refractivity contribution in [3.8, 4) is 0 Å². The average Bonchev–Trinajstić information content (AvgIpc) is 3.06. The summed E-state index contributed by atoms with van der Waals surface area (Å²) in [5.74, 6) is 1.74. The minimum atomic E-state index is -0.258.